The molecule has 1 aliphatic rings. The molecule has 0 saturated carbocycles. The first-order chi connectivity index (χ1) is 8.70. The van der Waals surface area contributed by atoms with Crippen LogP contribution >= 0.6 is 11.6 Å². The fourth-order valence-electron chi connectivity index (χ4n) is 2.40. The summed E-state index contributed by atoms with van der Waals surface area (Å²) in [5.41, 5.74) is 1.07. The number of methoxy groups -OCH3 is 1. The highest BCUT2D eigenvalue weighted by atomic mass is 35.5. The Morgan fingerprint density at radius 1 is 1.50 bits per heavy atom. The highest BCUT2D eigenvalue weighted by Crippen LogP contribution is 2.29. The third-order valence-corrected chi connectivity index (χ3v) is 3.84. The lowest BCUT2D eigenvalue weighted by atomic mass is 10.1. The molecule has 1 heterocycles. The third-order valence-electron chi connectivity index (χ3n) is 3.54. The van der Waals surface area contributed by atoms with Crippen molar-refractivity contribution in [3.63, 3.8) is 0 Å². The predicted octanol–water partition coefficient (Wildman–Crippen LogP) is 2.93. The van der Waals surface area contributed by atoms with E-state index in [4.69, 9.17) is 16.3 Å². The molecule has 0 amide bonds. The van der Waals surface area contributed by atoms with Crippen LogP contribution in [0.4, 0.5) is 5.69 Å². The molecule has 4 heteroatoms. The minimum atomic E-state index is 0.671. The van der Waals surface area contributed by atoms with E-state index < -0.39 is 0 Å². The van der Waals surface area contributed by atoms with Crippen LogP contribution in [0.2, 0.25) is 5.02 Å². The van der Waals surface area contributed by atoms with Gasteiger partial charge in [0.25, 0.3) is 0 Å². The smallest absolute Gasteiger partial charge is 0.120 e. The quantitative estimate of drug-likeness (QED) is 0.889. The average Bonchev–Trinajstić information content (AvgIpc) is 2.88. The van der Waals surface area contributed by atoms with Gasteiger partial charge in [0, 0.05) is 25.7 Å². The monoisotopic (exact) mass is 268 g/mol. The molecule has 0 bridgehead atoms. The van der Waals surface area contributed by atoms with Gasteiger partial charge in [0.1, 0.15) is 5.75 Å². The Morgan fingerprint density at radius 3 is 2.94 bits per heavy atom. The largest absolute Gasteiger partial charge is 0.497 e. The summed E-state index contributed by atoms with van der Waals surface area (Å²) in [7, 11) is 3.74. The molecule has 1 fully saturated rings. The summed E-state index contributed by atoms with van der Waals surface area (Å²) < 4.78 is 5.16. The number of hydrogen-bond donors (Lipinski definition) is 1. The van der Waals surface area contributed by atoms with Crippen molar-refractivity contribution in [2.45, 2.75) is 25.3 Å². The Hall–Kier alpha value is -0.930. The van der Waals surface area contributed by atoms with E-state index in [-0.39, 0.29) is 0 Å². The Kier molecular flexibility index (Phi) is 4.72. The van der Waals surface area contributed by atoms with Crippen LogP contribution in [-0.4, -0.2) is 33.3 Å². The van der Waals surface area contributed by atoms with Crippen molar-refractivity contribution < 1.29 is 4.74 Å². The molecule has 0 radical (unpaired) electrons. The zero-order valence-corrected chi connectivity index (χ0v) is 11.8. The van der Waals surface area contributed by atoms with Crippen LogP contribution in [0.25, 0.3) is 0 Å². The first-order valence-electron chi connectivity index (χ1n) is 6.49. The first kappa shape index (κ1) is 13.5. The topological polar surface area (TPSA) is 24.5 Å². The normalized spacial score (nSPS) is 18.9. The van der Waals surface area contributed by atoms with Crippen LogP contribution in [0.5, 0.6) is 5.75 Å². The van der Waals surface area contributed by atoms with Gasteiger partial charge in [0.2, 0.25) is 0 Å². The molecule has 100 valence electrons. The molecule has 1 unspecified atom stereocenters. The molecule has 1 N–H and O–H groups in total. The van der Waals surface area contributed by atoms with E-state index in [1.54, 1.807) is 7.11 Å². The molecular formula is C14H21ClN2O. The number of halogens is 1. The van der Waals surface area contributed by atoms with Crippen LogP contribution in [0, 0.1) is 0 Å². The lowest BCUT2D eigenvalue weighted by Crippen LogP contribution is -2.28. The second-order valence-corrected chi connectivity index (χ2v) is 5.23. The molecule has 1 aromatic carbocycles. The first-order valence-corrected chi connectivity index (χ1v) is 6.86. The Labute approximate surface area is 114 Å². The van der Waals surface area contributed by atoms with E-state index in [2.05, 4.69) is 17.3 Å². The number of rotatable bonds is 5. The minimum Gasteiger partial charge on any atom is -0.497 e. The van der Waals surface area contributed by atoms with Crippen molar-refractivity contribution in [2.24, 2.45) is 0 Å². The molecule has 1 atom stereocenters. The molecule has 1 saturated heterocycles. The van der Waals surface area contributed by atoms with E-state index >= 15 is 0 Å². The second-order valence-electron chi connectivity index (χ2n) is 4.82. The van der Waals surface area contributed by atoms with Crippen LogP contribution in [0.3, 0.4) is 0 Å². The van der Waals surface area contributed by atoms with Crippen molar-refractivity contribution in [3.05, 3.63) is 23.2 Å². The standard InChI is InChI=1S/C14H21ClN2O/c1-17(9-7-11-4-3-8-16-11)14-6-5-12(18-2)10-13(14)15/h5-6,10-11,16H,3-4,7-9H2,1-2H3. The SMILES string of the molecule is COc1ccc(N(C)CCC2CCCN2)c(Cl)c1. The average molecular weight is 269 g/mol. The van der Waals surface area contributed by atoms with Gasteiger partial charge in [-0.3, -0.25) is 0 Å². The van der Waals surface area contributed by atoms with Gasteiger partial charge in [-0.15, -0.1) is 0 Å². The Morgan fingerprint density at radius 2 is 2.33 bits per heavy atom. The summed E-state index contributed by atoms with van der Waals surface area (Å²) in [5.74, 6) is 0.801. The van der Waals surface area contributed by atoms with Crippen molar-refractivity contribution in [3.8, 4) is 5.75 Å². The van der Waals surface area contributed by atoms with Crippen LogP contribution in [0.15, 0.2) is 18.2 Å². The van der Waals surface area contributed by atoms with Gasteiger partial charge in [-0.05, 0) is 37.9 Å². The Bertz CT molecular complexity index is 391. The van der Waals surface area contributed by atoms with Crippen molar-refractivity contribution in [2.75, 3.05) is 32.1 Å². The third kappa shape index (κ3) is 3.30. The number of benzene rings is 1. The van der Waals surface area contributed by atoms with Gasteiger partial charge < -0.3 is 15.0 Å². The van der Waals surface area contributed by atoms with Gasteiger partial charge in [-0.1, -0.05) is 11.6 Å². The van der Waals surface area contributed by atoms with Crippen molar-refractivity contribution in [1.29, 1.82) is 0 Å². The summed E-state index contributed by atoms with van der Waals surface area (Å²) in [5, 5.41) is 4.26. The number of anilines is 1. The van der Waals surface area contributed by atoms with Gasteiger partial charge in [0.15, 0.2) is 0 Å². The lowest BCUT2D eigenvalue weighted by molar-refractivity contribution is 0.415. The second kappa shape index (κ2) is 6.30. The van der Waals surface area contributed by atoms with E-state index in [1.165, 1.54) is 19.3 Å². The predicted molar refractivity (Wildman–Crippen MR) is 76.9 cm³/mol. The number of ether oxygens (including phenoxy) is 1. The highest BCUT2D eigenvalue weighted by Gasteiger charge is 2.15. The number of hydrogen-bond acceptors (Lipinski definition) is 3. The summed E-state index contributed by atoms with van der Waals surface area (Å²) in [6, 6.07) is 6.50. The summed E-state index contributed by atoms with van der Waals surface area (Å²) in [6.45, 7) is 2.18. The van der Waals surface area contributed by atoms with Gasteiger partial charge >= 0.3 is 0 Å². The molecule has 1 aliphatic heterocycles. The fourth-order valence-corrected chi connectivity index (χ4v) is 2.71. The van der Waals surface area contributed by atoms with Gasteiger partial charge in [0.05, 0.1) is 17.8 Å². The zero-order valence-electron chi connectivity index (χ0n) is 11.1. The van der Waals surface area contributed by atoms with Crippen LogP contribution in [-0.2, 0) is 0 Å². The van der Waals surface area contributed by atoms with Crippen LogP contribution < -0.4 is 15.0 Å². The molecule has 1 aromatic rings. The molecule has 3 nitrogen and oxygen atoms in total. The Balaban J connectivity index is 1.93. The van der Waals surface area contributed by atoms with E-state index in [9.17, 15) is 0 Å². The maximum absolute atomic E-state index is 6.26. The van der Waals surface area contributed by atoms with E-state index in [0.29, 0.717) is 6.04 Å². The van der Waals surface area contributed by atoms with Crippen molar-refractivity contribution >= 4 is 17.3 Å². The summed E-state index contributed by atoms with van der Waals surface area (Å²) in [6.07, 6.45) is 3.76. The maximum Gasteiger partial charge on any atom is 0.120 e. The molecule has 0 spiro atoms. The zero-order chi connectivity index (χ0) is 13.0. The fraction of sp³-hybridized carbons (Fsp3) is 0.571. The lowest BCUT2D eigenvalue weighted by Gasteiger charge is -2.22. The van der Waals surface area contributed by atoms with E-state index in [0.717, 1.165) is 29.5 Å². The van der Waals surface area contributed by atoms with E-state index in [1.807, 2.05) is 18.2 Å². The number of nitrogens with one attached hydrogen (secondary N) is 1. The highest BCUT2D eigenvalue weighted by molar-refractivity contribution is 6.33. The number of nitrogens with zero attached hydrogens (tertiary/aromatic N) is 1. The minimum absolute atomic E-state index is 0.671. The van der Waals surface area contributed by atoms with Crippen LogP contribution in [0.1, 0.15) is 19.3 Å². The summed E-state index contributed by atoms with van der Waals surface area (Å²) >= 11 is 6.26. The molecule has 2 rings (SSSR count). The molecular weight excluding hydrogens is 248 g/mol. The van der Waals surface area contributed by atoms with Gasteiger partial charge in [-0.2, -0.15) is 0 Å². The van der Waals surface area contributed by atoms with Gasteiger partial charge in [-0.25, -0.2) is 0 Å². The molecule has 0 aliphatic carbocycles. The summed E-state index contributed by atoms with van der Waals surface area (Å²) in [4.78, 5) is 2.21. The molecule has 0 aromatic heterocycles. The molecule has 18 heavy (non-hydrogen) atoms. The van der Waals surface area contributed by atoms with Crippen molar-refractivity contribution in [1.82, 2.24) is 5.32 Å². The maximum atomic E-state index is 6.26.